The van der Waals surface area contributed by atoms with E-state index in [0.29, 0.717) is 0 Å². The normalized spacial score (nSPS) is 14.4. The van der Waals surface area contributed by atoms with E-state index >= 15 is 0 Å². The Balaban J connectivity index is 2.20. The van der Waals surface area contributed by atoms with Gasteiger partial charge in [0.05, 0.1) is 10.8 Å². The maximum absolute atomic E-state index is 6.36. The van der Waals surface area contributed by atoms with Crippen molar-refractivity contribution < 1.29 is 0 Å². The van der Waals surface area contributed by atoms with Gasteiger partial charge >= 0.3 is 0 Å². The number of halogens is 2. The van der Waals surface area contributed by atoms with Gasteiger partial charge in [-0.3, -0.25) is 0 Å². The molecule has 0 radical (unpaired) electrons. The van der Waals surface area contributed by atoms with Crippen LogP contribution in [0.3, 0.4) is 0 Å². The summed E-state index contributed by atoms with van der Waals surface area (Å²) in [5.74, 6) is 0. The van der Waals surface area contributed by atoms with Crippen LogP contribution < -0.4 is 0 Å². The number of benzene rings is 2. The van der Waals surface area contributed by atoms with Gasteiger partial charge in [0.2, 0.25) is 0 Å². The summed E-state index contributed by atoms with van der Waals surface area (Å²) in [6, 6.07) is 19.8. The molecule has 2 aromatic rings. The van der Waals surface area contributed by atoms with Crippen molar-refractivity contribution in [1.82, 2.24) is 0 Å². The summed E-state index contributed by atoms with van der Waals surface area (Å²) >= 11 is 12.7. The summed E-state index contributed by atoms with van der Waals surface area (Å²) in [5.41, 5.74) is 2.10. The Labute approximate surface area is 106 Å². The highest BCUT2D eigenvalue weighted by Crippen LogP contribution is 2.38. The van der Waals surface area contributed by atoms with Crippen LogP contribution in [0.4, 0.5) is 0 Å². The van der Waals surface area contributed by atoms with Gasteiger partial charge < -0.3 is 0 Å². The summed E-state index contributed by atoms with van der Waals surface area (Å²) in [5, 5.41) is -0.407. The first-order valence-corrected chi connectivity index (χ1v) is 6.04. The van der Waals surface area contributed by atoms with Gasteiger partial charge in [0.25, 0.3) is 0 Å². The molecule has 0 N–H and O–H groups in total. The van der Waals surface area contributed by atoms with Crippen LogP contribution in [0.5, 0.6) is 0 Å². The fourth-order valence-corrected chi connectivity index (χ4v) is 2.19. The molecule has 0 spiro atoms. The molecule has 2 heteroatoms. The van der Waals surface area contributed by atoms with Gasteiger partial charge in [0.1, 0.15) is 0 Å². The van der Waals surface area contributed by atoms with Crippen molar-refractivity contribution in [2.45, 2.75) is 10.8 Å². The number of rotatable bonds is 3. The fourth-order valence-electron chi connectivity index (χ4n) is 1.61. The van der Waals surface area contributed by atoms with Gasteiger partial charge in [-0.25, -0.2) is 0 Å². The molecule has 2 rings (SSSR count). The molecule has 0 aliphatic heterocycles. The molecule has 0 saturated carbocycles. The smallest absolute Gasteiger partial charge is 0.0790 e. The molecule has 2 unspecified atom stereocenters. The first kappa shape index (κ1) is 11.5. The Morgan fingerprint density at radius 1 is 0.562 bits per heavy atom. The van der Waals surface area contributed by atoms with Crippen LogP contribution in [0.25, 0.3) is 0 Å². The van der Waals surface area contributed by atoms with Gasteiger partial charge in [-0.2, -0.15) is 0 Å². The van der Waals surface area contributed by atoms with Crippen LogP contribution in [-0.4, -0.2) is 0 Å². The average Bonchev–Trinajstić information content (AvgIpc) is 2.39. The Morgan fingerprint density at radius 2 is 0.875 bits per heavy atom. The molecular weight excluding hydrogens is 239 g/mol. The van der Waals surface area contributed by atoms with E-state index in [-0.39, 0.29) is 10.8 Å². The van der Waals surface area contributed by atoms with Crippen molar-refractivity contribution in [3.05, 3.63) is 71.8 Å². The maximum Gasteiger partial charge on any atom is 0.0790 e. The lowest BCUT2D eigenvalue weighted by Gasteiger charge is -2.16. The highest BCUT2D eigenvalue weighted by molar-refractivity contribution is 6.30. The van der Waals surface area contributed by atoms with Crippen molar-refractivity contribution >= 4 is 23.2 Å². The first-order chi connectivity index (χ1) is 7.79. The van der Waals surface area contributed by atoms with E-state index in [2.05, 4.69) is 0 Å². The Kier molecular flexibility index (Phi) is 3.87. The Morgan fingerprint density at radius 3 is 1.19 bits per heavy atom. The molecule has 0 aromatic heterocycles. The summed E-state index contributed by atoms with van der Waals surface area (Å²) in [6.45, 7) is 0. The van der Waals surface area contributed by atoms with Crippen molar-refractivity contribution in [3.8, 4) is 0 Å². The lowest BCUT2D eigenvalue weighted by Crippen LogP contribution is -1.99. The van der Waals surface area contributed by atoms with Gasteiger partial charge in [-0.1, -0.05) is 60.7 Å². The molecular formula is C14H12Cl2. The van der Waals surface area contributed by atoms with Crippen LogP contribution in [0.1, 0.15) is 21.9 Å². The van der Waals surface area contributed by atoms with E-state index in [0.717, 1.165) is 11.1 Å². The third-order valence-electron chi connectivity index (χ3n) is 2.49. The molecule has 16 heavy (non-hydrogen) atoms. The van der Waals surface area contributed by atoms with Crippen LogP contribution in [-0.2, 0) is 0 Å². The summed E-state index contributed by atoms with van der Waals surface area (Å²) in [6.07, 6.45) is 0. The fraction of sp³-hybridized carbons (Fsp3) is 0.143. The molecule has 82 valence electrons. The minimum absolute atomic E-state index is 0.203. The third kappa shape index (κ3) is 2.58. The van der Waals surface area contributed by atoms with Crippen molar-refractivity contribution in [1.29, 1.82) is 0 Å². The number of hydrogen-bond donors (Lipinski definition) is 0. The Bertz CT molecular complexity index is 382. The molecule has 0 aliphatic rings. The monoisotopic (exact) mass is 250 g/mol. The van der Waals surface area contributed by atoms with Crippen molar-refractivity contribution in [2.75, 3.05) is 0 Å². The molecule has 0 aliphatic carbocycles. The largest absolute Gasteiger partial charge is 0.116 e. The highest BCUT2D eigenvalue weighted by atomic mass is 35.5. The molecule has 0 saturated heterocycles. The van der Waals surface area contributed by atoms with Crippen molar-refractivity contribution in [3.63, 3.8) is 0 Å². The molecule has 0 bridgehead atoms. The number of alkyl halides is 2. The molecule has 0 fully saturated rings. The molecule has 0 heterocycles. The maximum atomic E-state index is 6.36. The Hall–Kier alpha value is -0.980. The second kappa shape index (κ2) is 5.38. The summed E-state index contributed by atoms with van der Waals surface area (Å²) < 4.78 is 0. The van der Waals surface area contributed by atoms with Crippen LogP contribution in [0, 0.1) is 0 Å². The van der Waals surface area contributed by atoms with E-state index in [1.807, 2.05) is 60.7 Å². The second-order valence-electron chi connectivity index (χ2n) is 3.62. The quantitative estimate of drug-likeness (QED) is 0.677. The number of hydrogen-bond acceptors (Lipinski definition) is 0. The third-order valence-corrected chi connectivity index (χ3v) is 3.63. The molecule has 0 nitrogen and oxygen atoms in total. The minimum atomic E-state index is -0.203. The van der Waals surface area contributed by atoms with Crippen LogP contribution in [0.15, 0.2) is 60.7 Å². The van der Waals surface area contributed by atoms with E-state index in [1.165, 1.54) is 0 Å². The van der Waals surface area contributed by atoms with E-state index < -0.39 is 0 Å². The zero-order valence-electron chi connectivity index (χ0n) is 8.68. The van der Waals surface area contributed by atoms with Gasteiger partial charge in [0, 0.05) is 0 Å². The van der Waals surface area contributed by atoms with Gasteiger partial charge in [0.15, 0.2) is 0 Å². The van der Waals surface area contributed by atoms with Crippen LogP contribution >= 0.6 is 23.2 Å². The predicted molar refractivity (Wildman–Crippen MR) is 70.1 cm³/mol. The predicted octanol–water partition coefficient (Wildman–Crippen LogP) is 4.95. The standard InChI is InChI=1S/C14H12Cl2/c15-13(11-7-3-1-4-8-11)14(16)12-9-5-2-6-10-12/h1-10,13-14H. The summed E-state index contributed by atoms with van der Waals surface area (Å²) in [4.78, 5) is 0. The molecule has 2 aromatic carbocycles. The van der Waals surface area contributed by atoms with E-state index in [1.54, 1.807) is 0 Å². The van der Waals surface area contributed by atoms with E-state index in [9.17, 15) is 0 Å². The second-order valence-corrected chi connectivity index (χ2v) is 4.57. The van der Waals surface area contributed by atoms with Crippen molar-refractivity contribution in [2.24, 2.45) is 0 Å². The lowest BCUT2D eigenvalue weighted by atomic mass is 10.0. The molecule has 2 atom stereocenters. The molecule has 0 amide bonds. The zero-order valence-corrected chi connectivity index (χ0v) is 10.2. The highest BCUT2D eigenvalue weighted by Gasteiger charge is 2.19. The lowest BCUT2D eigenvalue weighted by molar-refractivity contribution is 0.882. The average molecular weight is 251 g/mol. The topological polar surface area (TPSA) is 0 Å². The SMILES string of the molecule is ClC(c1ccccc1)C(Cl)c1ccccc1. The van der Waals surface area contributed by atoms with E-state index in [4.69, 9.17) is 23.2 Å². The summed E-state index contributed by atoms with van der Waals surface area (Å²) in [7, 11) is 0. The van der Waals surface area contributed by atoms with Gasteiger partial charge in [-0.05, 0) is 11.1 Å². The van der Waals surface area contributed by atoms with Gasteiger partial charge in [-0.15, -0.1) is 23.2 Å². The van der Waals surface area contributed by atoms with Crippen LogP contribution in [0.2, 0.25) is 0 Å². The first-order valence-electron chi connectivity index (χ1n) is 5.17. The minimum Gasteiger partial charge on any atom is -0.116 e. The zero-order chi connectivity index (χ0) is 11.4.